The van der Waals surface area contributed by atoms with E-state index in [1.165, 1.54) is 43.5 Å². The SMILES string of the molecule is COC(=O)c1ccc(CNc2cccc(F)c2F)c(F)c1.Nc1cccc(F)c1F. The van der Waals surface area contributed by atoms with E-state index in [9.17, 15) is 26.7 Å². The van der Waals surface area contributed by atoms with E-state index in [2.05, 4.69) is 10.1 Å². The number of nitrogens with two attached hydrogens (primary N) is 1. The van der Waals surface area contributed by atoms with Crippen molar-refractivity contribution in [2.75, 3.05) is 18.2 Å². The van der Waals surface area contributed by atoms with E-state index < -0.39 is 35.1 Å². The van der Waals surface area contributed by atoms with Crippen LogP contribution in [0.2, 0.25) is 0 Å². The standard InChI is InChI=1S/C15H12F3NO2.C6H5F2N/c1-21-15(20)9-5-6-10(12(17)7-9)8-19-13-4-2-3-11(16)14(13)18;7-4-2-1-3-5(9)6(4)8/h2-7,19H,8H2,1H3;1-3H,9H2. The van der Waals surface area contributed by atoms with E-state index in [-0.39, 0.29) is 29.0 Å². The number of halogens is 5. The molecule has 0 heterocycles. The molecule has 0 saturated carbocycles. The van der Waals surface area contributed by atoms with Gasteiger partial charge in [-0.25, -0.2) is 26.7 Å². The third-order valence-electron chi connectivity index (χ3n) is 3.88. The Morgan fingerprint density at radius 2 is 1.53 bits per heavy atom. The van der Waals surface area contributed by atoms with Crippen LogP contribution in [0.15, 0.2) is 54.6 Å². The van der Waals surface area contributed by atoms with E-state index in [4.69, 9.17) is 5.73 Å². The van der Waals surface area contributed by atoms with Crippen LogP contribution < -0.4 is 11.1 Å². The van der Waals surface area contributed by atoms with Crippen molar-refractivity contribution < 1.29 is 31.5 Å². The maximum atomic E-state index is 13.8. The van der Waals surface area contributed by atoms with Gasteiger partial charge in [0.25, 0.3) is 0 Å². The van der Waals surface area contributed by atoms with Gasteiger partial charge in [-0.2, -0.15) is 0 Å². The topological polar surface area (TPSA) is 64.3 Å². The Labute approximate surface area is 169 Å². The van der Waals surface area contributed by atoms with Crippen LogP contribution >= 0.6 is 0 Å². The Morgan fingerprint density at radius 1 is 0.900 bits per heavy atom. The summed E-state index contributed by atoms with van der Waals surface area (Å²) in [7, 11) is 1.20. The minimum Gasteiger partial charge on any atom is -0.465 e. The molecule has 0 bridgehead atoms. The summed E-state index contributed by atoms with van der Waals surface area (Å²) < 4.78 is 69.1. The third-order valence-corrected chi connectivity index (χ3v) is 3.88. The van der Waals surface area contributed by atoms with E-state index >= 15 is 0 Å². The van der Waals surface area contributed by atoms with Gasteiger partial charge in [-0.3, -0.25) is 0 Å². The number of hydrogen-bond donors (Lipinski definition) is 2. The first-order valence-electron chi connectivity index (χ1n) is 8.48. The summed E-state index contributed by atoms with van der Waals surface area (Å²) in [6, 6.07) is 11.2. The summed E-state index contributed by atoms with van der Waals surface area (Å²) in [6.07, 6.45) is 0. The molecule has 4 nitrogen and oxygen atoms in total. The van der Waals surface area contributed by atoms with Crippen LogP contribution in [-0.2, 0) is 11.3 Å². The van der Waals surface area contributed by atoms with Gasteiger partial charge in [0.15, 0.2) is 23.3 Å². The van der Waals surface area contributed by atoms with Crippen LogP contribution in [-0.4, -0.2) is 13.1 Å². The van der Waals surface area contributed by atoms with Crippen LogP contribution in [0.25, 0.3) is 0 Å². The molecule has 0 fully saturated rings. The minimum absolute atomic E-state index is 0.0480. The van der Waals surface area contributed by atoms with Crippen molar-refractivity contribution in [3.63, 3.8) is 0 Å². The summed E-state index contributed by atoms with van der Waals surface area (Å²) in [4.78, 5) is 11.2. The molecule has 0 spiro atoms. The minimum atomic E-state index is -1.02. The Bertz CT molecular complexity index is 1020. The van der Waals surface area contributed by atoms with Gasteiger partial charge in [0.2, 0.25) is 0 Å². The molecule has 3 N–H and O–H groups in total. The lowest BCUT2D eigenvalue weighted by Gasteiger charge is -2.09. The highest BCUT2D eigenvalue weighted by Crippen LogP contribution is 2.19. The first-order chi connectivity index (χ1) is 14.2. The highest BCUT2D eigenvalue weighted by atomic mass is 19.2. The monoisotopic (exact) mass is 424 g/mol. The molecule has 30 heavy (non-hydrogen) atoms. The predicted molar refractivity (Wildman–Crippen MR) is 102 cm³/mol. The quantitative estimate of drug-likeness (QED) is 0.350. The first kappa shape index (κ1) is 22.7. The number of nitrogen functional groups attached to an aromatic ring is 1. The van der Waals surface area contributed by atoms with Gasteiger partial charge in [-0.1, -0.05) is 18.2 Å². The number of methoxy groups -OCH3 is 1. The van der Waals surface area contributed by atoms with Crippen molar-refractivity contribution in [2.45, 2.75) is 6.54 Å². The number of hydrogen-bond acceptors (Lipinski definition) is 4. The van der Waals surface area contributed by atoms with Gasteiger partial charge in [0.05, 0.1) is 24.0 Å². The van der Waals surface area contributed by atoms with Crippen molar-refractivity contribution >= 4 is 17.3 Å². The molecule has 3 aromatic carbocycles. The molecule has 3 aromatic rings. The number of carbonyl (C=O) groups is 1. The van der Waals surface area contributed by atoms with E-state index in [0.29, 0.717) is 0 Å². The number of anilines is 2. The second-order valence-corrected chi connectivity index (χ2v) is 5.90. The van der Waals surface area contributed by atoms with Crippen LogP contribution in [0.5, 0.6) is 0 Å². The van der Waals surface area contributed by atoms with Crippen LogP contribution in [0, 0.1) is 29.1 Å². The van der Waals surface area contributed by atoms with Crippen molar-refractivity contribution in [1.82, 2.24) is 0 Å². The molecule has 0 aromatic heterocycles. The van der Waals surface area contributed by atoms with E-state index in [0.717, 1.165) is 18.2 Å². The van der Waals surface area contributed by atoms with Crippen molar-refractivity contribution in [3.8, 4) is 0 Å². The summed E-state index contributed by atoms with van der Waals surface area (Å²) in [5.74, 6) is -5.18. The van der Waals surface area contributed by atoms with E-state index in [1.54, 1.807) is 0 Å². The summed E-state index contributed by atoms with van der Waals surface area (Å²) in [5.41, 5.74) is 5.08. The lowest BCUT2D eigenvalue weighted by Crippen LogP contribution is -2.07. The fourth-order valence-electron chi connectivity index (χ4n) is 2.29. The smallest absolute Gasteiger partial charge is 0.337 e. The highest BCUT2D eigenvalue weighted by molar-refractivity contribution is 5.89. The Balaban J connectivity index is 0.000000297. The molecule has 0 aliphatic heterocycles. The largest absolute Gasteiger partial charge is 0.465 e. The number of esters is 1. The second kappa shape index (κ2) is 10.2. The number of rotatable bonds is 4. The molecule has 158 valence electrons. The average molecular weight is 424 g/mol. The first-order valence-corrected chi connectivity index (χ1v) is 8.48. The van der Waals surface area contributed by atoms with Gasteiger partial charge in [0.1, 0.15) is 5.82 Å². The third kappa shape index (κ3) is 5.69. The molecule has 0 saturated heterocycles. The molecule has 0 atom stereocenters. The maximum Gasteiger partial charge on any atom is 0.337 e. The van der Waals surface area contributed by atoms with Gasteiger partial charge in [-0.15, -0.1) is 0 Å². The van der Waals surface area contributed by atoms with Crippen molar-refractivity contribution in [2.24, 2.45) is 0 Å². The Kier molecular flexibility index (Phi) is 7.74. The molecule has 0 unspecified atom stereocenters. The van der Waals surface area contributed by atoms with Gasteiger partial charge >= 0.3 is 5.97 Å². The fourth-order valence-corrected chi connectivity index (χ4v) is 2.29. The molecule has 9 heteroatoms. The fraction of sp³-hybridized carbons (Fsp3) is 0.0952. The van der Waals surface area contributed by atoms with Crippen LogP contribution in [0.3, 0.4) is 0 Å². The molecule has 0 radical (unpaired) electrons. The van der Waals surface area contributed by atoms with Crippen LogP contribution in [0.1, 0.15) is 15.9 Å². The lowest BCUT2D eigenvalue weighted by atomic mass is 10.1. The number of ether oxygens (including phenoxy) is 1. The summed E-state index contributed by atoms with van der Waals surface area (Å²) >= 11 is 0. The number of carbonyl (C=O) groups excluding carboxylic acids is 1. The zero-order chi connectivity index (χ0) is 22.3. The molecule has 0 aliphatic rings. The molecule has 0 aliphatic carbocycles. The number of benzene rings is 3. The normalized spacial score (nSPS) is 10.1. The molecule has 0 amide bonds. The summed E-state index contributed by atoms with van der Waals surface area (Å²) in [6.45, 7) is -0.0480. The van der Waals surface area contributed by atoms with Crippen LogP contribution in [0.4, 0.5) is 33.3 Å². The summed E-state index contributed by atoms with van der Waals surface area (Å²) in [5, 5.41) is 2.60. The molecular formula is C21H17F5N2O2. The second-order valence-electron chi connectivity index (χ2n) is 5.90. The van der Waals surface area contributed by atoms with Crippen molar-refractivity contribution in [3.05, 3.63) is 94.8 Å². The zero-order valence-electron chi connectivity index (χ0n) is 15.7. The highest BCUT2D eigenvalue weighted by Gasteiger charge is 2.11. The number of nitrogens with one attached hydrogen (secondary N) is 1. The van der Waals surface area contributed by atoms with Gasteiger partial charge in [0, 0.05) is 12.1 Å². The Hall–Kier alpha value is -3.62. The van der Waals surface area contributed by atoms with Crippen molar-refractivity contribution in [1.29, 1.82) is 0 Å². The van der Waals surface area contributed by atoms with Gasteiger partial charge in [-0.05, 0) is 36.4 Å². The zero-order valence-corrected chi connectivity index (χ0v) is 15.7. The molecule has 3 rings (SSSR count). The average Bonchev–Trinajstić information content (AvgIpc) is 2.73. The maximum absolute atomic E-state index is 13.8. The molecular weight excluding hydrogens is 407 g/mol. The Morgan fingerprint density at radius 3 is 2.10 bits per heavy atom. The predicted octanol–water partition coefficient (Wildman–Crippen LogP) is 5.05. The lowest BCUT2D eigenvalue weighted by molar-refractivity contribution is 0.0600. The van der Waals surface area contributed by atoms with E-state index in [1.807, 2.05) is 0 Å². The van der Waals surface area contributed by atoms with Gasteiger partial charge < -0.3 is 15.8 Å².